The van der Waals surface area contributed by atoms with E-state index in [9.17, 15) is 4.39 Å². The Morgan fingerprint density at radius 2 is 2.21 bits per heavy atom. The van der Waals surface area contributed by atoms with Gasteiger partial charge in [0, 0.05) is 12.7 Å². The Bertz CT molecular complexity index is 530. The summed E-state index contributed by atoms with van der Waals surface area (Å²) in [6, 6.07) is 6.57. The molecule has 2 rings (SSSR count). The SMILES string of the molecule is CCCn1nccc1C(NN)c1cc(C)cc(F)c1. The lowest BCUT2D eigenvalue weighted by atomic mass is 10.0. The molecule has 1 unspecified atom stereocenters. The molecule has 0 aliphatic carbocycles. The summed E-state index contributed by atoms with van der Waals surface area (Å²) in [5.41, 5.74) is 5.36. The molecule has 1 heterocycles. The van der Waals surface area contributed by atoms with Gasteiger partial charge in [0.25, 0.3) is 0 Å². The molecule has 0 saturated heterocycles. The van der Waals surface area contributed by atoms with Gasteiger partial charge in [0.05, 0.1) is 11.7 Å². The number of hydrazine groups is 1. The first kappa shape index (κ1) is 13.7. The Hall–Kier alpha value is -1.72. The summed E-state index contributed by atoms with van der Waals surface area (Å²) in [6.07, 6.45) is 2.72. The first-order valence-electron chi connectivity index (χ1n) is 6.40. The summed E-state index contributed by atoms with van der Waals surface area (Å²) in [5.74, 6) is 5.39. The molecule has 2 aromatic rings. The highest BCUT2D eigenvalue weighted by molar-refractivity contribution is 5.31. The topological polar surface area (TPSA) is 55.9 Å². The number of benzene rings is 1. The molecular weight excluding hydrogens is 243 g/mol. The first-order valence-corrected chi connectivity index (χ1v) is 6.40. The van der Waals surface area contributed by atoms with Gasteiger partial charge in [-0.3, -0.25) is 10.5 Å². The lowest BCUT2D eigenvalue weighted by Crippen LogP contribution is -2.31. The van der Waals surface area contributed by atoms with Gasteiger partial charge in [-0.25, -0.2) is 9.82 Å². The molecule has 0 amide bonds. The predicted octanol–water partition coefficient (Wildman–Crippen LogP) is 2.29. The molecule has 0 radical (unpaired) electrons. The van der Waals surface area contributed by atoms with Crippen LogP contribution in [0.25, 0.3) is 0 Å². The van der Waals surface area contributed by atoms with E-state index in [0.29, 0.717) is 0 Å². The van der Waals surface area contributed by atoms with Gasteiger partial charge in [0.1, 0.15) is 5.82 Å². The van der Waals surface area contributed by atoms with Crippen LogP contribution in [0.4, 0.5) is 4.39 Å². The molecule has 5 heteroatoms. The van der Waals surface area contributed by atoms with Gasteiger partial charge in [-0.15, -0.1) is 0 Å². The van der Waals surface area contributed by atoms with E-state index < -0.39 is 0 Å². The van der Waals surface area contributed by atoms with Crippen LogP contribution in [0.15, 0.2) is 30.5 Å². The Labute approximate surface area is 112 Å². The van der Waals surface area contributed by atoms with E-state index in [1.807, 2.05) is 23.7 Å². The lowest BCUT2D eigenvalue weighted by molar-refractivity contribution is 0.518. The second kappa shape index (κ2) is 5.95. The van der Waals surface area contributed by atoms with Gasteiger partial charge in [-0.05, 0) is 42.7 Å². The van der Waals surface area contributed by atoms with Crippen LogP contribution < -0.4 is 11.3 Å². The van der Waals surface area contributed by atoms with E-state index in [2.05, 4.69) is 17.4 Å². The van der Waals surface area contributed by atoms with Crippen molar-refractivity contribution in [3.8, 4) is 0 Å². The van der Waals surface area contributed by atoms with E-state index in [1.165, 1.54) is 12.1 Å². The summed E-state index contributed by atoms with van der Waals surface area (Å²) < 4.78 is 15.4. The number of rotatable bonds is 5. The van der Waals surface area contributed by atoms with E-state index >= 15 is 0 Å². The third-order valence-electron chi connectivity index (χ3n) is 3.05. The molecule has 3 N–H and O–H groups in total. The fourth-order valence-electron chi connectivity index (χ4n) is 2.27. The van der Waals surface area contributed by atoms with E-state index in [1.54, 1.807) is 6.20 Å². The number of nitrogens with two attached hydrogens (primary N) is 1. The van der Waals surface area contributed by atoms with Crippen molar-refractivity contribution in [2.24, 2.45) is 5.84 Å². The fraction of sp³-hybridized carbons (Fsp3) is 0.357. The minimum atomic E-state index is -0.261. The zero-order chi connectivity index (χ0) is 13.8. The molecule has 0 bridgehead atoms. The van der Waals surface area contributed by atoms with E-state index in [-0.39, 0.29) is 11.9 Å². The number of aromatic nitrogens is 2. The van der Waals surface area contributed by atoms with Gasteiger partial charge in [-0.1, -0.05) is 13.0 Å². The zero-order valence-electron chi connectivity index (χ0n) is 11.2. The fourth-order valence-corrected chi connectivity index (χ4v) is 2.27. The number of halogens is 1. The normalized spacial score (nSPS) is 12.6. The number of nitrogens with zero attached hydrogens (tertiary/aromatic N) is 2. The molecule has 0 aliphatic heterocycles. The third-order valence-corrected chi connectivity index (χ3v) is 3.05. The number of aryl methyl sites for hydroxylation is 2. The number of hydrogen-bond acceptors (Lipinski definition) is 3. The maximum atomic E-state index is 13.5. The highest BCUT2D eigenvalue weighted by Gasteiger charge is 2.17. The van der Waals surface area contributed by atoms with Gasteiger partial charge in [0.15, 0.2) is 0 Å². The molecule has 0 spiro atoms. The minimum absolute atomic E-state index is 0.253. The summed E-state index contributed by atoms with van der Waals surface area (Å²) in [5, 5.41) is 4.27. The average Bonchev–Trinajstić information content (AvgIpc) is 2.78. The minimum Gasteiger partial charge on any atom is -0.271 e. The summed E-state index contributed by atoms with van der Waals surface area (Å²) in [4.78, 5) is 0. The Morgan fingerprint density at radius 1 is 1.42 bits per heavy atom. The molecule has 0 saturated carbocycles. The standard InChI is InChI=1S/C14H19FN4/c1-3-6-19-13(4-5-17-19)14(18-16)11-7-10(2)8-12(15)9-11/h4-5,7-9,14,18H,3,6,16H2,1-2H3. The van der Waals surface area contributed by atoms with E-state index in [0.717, 1.165) is 29.8 Å². The quantitative estimate of drug-likeness (QED) is 0.642. The van der Waals surface area contributed by atoms with Crippen molar-refractivity contribution in [3.63, 3.8) is 0 Å². The predicted molar refractivity (Wildman–Crippen MR) is 72.8 cm³/mol. The van der Waals surface area contributed by atoms with Crippen molar-refractivity contribution in [1.29, 1.82) is 0 Å². The van der Waals surface area contributed by atoms with Gasteiger partial charge >= 0.3 is 0 Å². The Morgan fingerprint density at radius 3 is 2.84 bits per heavy atom. The van der Waals surface area contributed by atoms with Crippen molar-refractivity contribution in [2.75, 3.05) is 0 Å². The van der Waals surface area contributed by atoms with Crippen LogP contribution in [0.1, 0.15) is 36.2 Å². The van der Waals surface area contributed by atoms with E-state index in [4.69, 9.17) is 5.84 Å². The second-order valence-electron chi connectivity index (χ2n) is 4.64. The smallest absolute Gasteiger partial charge is 0.123 e. The summed E-state index contributed by atoms with van der Waals surface area (Å²) >= 11 is 0. The molecule has 19 heavy (non-hydrogen) atoms. The molecule has 1 aromatic heterocycles. The Kier molecular flexibility index (Phi) is 4.29. The number of nitrogens with one attached hydrogen (secondary N) is 1. The third kappa shape index (κ3) is 3.00. The maximum absolute atomic E-state index is 13.5. The monoisotopic (exact) mass is 262 g/mol. The average molecular weight is 262 g/mol. The molecule has 102 valence electrons. The van der Waals surface area contributed by atoms with Crippen LogP contribution in [-0.2, 0) is 6.54 Å². The second-order valence-corrected chi connectivity index (χ2v) is 4.64. The molecule has 1 atom stereocenters. The van der Waals surface area contributed by atoms with Crippen molar-refractivity contribution >= 4 is 0 Å². The zero-order valence-corrected chi connectivity index (χ0v) is 11.2. The molecule has 1 aromatic carbocycles. The molecule has 4 nitrogen and oxygen atoms in total. The van der Waals surface area contributed by atoms with Crippen LogP contribution in [0, 0.1) is 12.7 Å². The van der Waals surface area contributed by atoms with Crippen molar-refractivity contribution in [2.45, 2.75) is 32.9 Å². The number of hydrogen-bond donors (Lipinski definition) is 2. The van der Waals surface area contributed by atoms with Gasteiger partial charge in [0.2, 0.25) is 0 Å². The van der Waals surface area contributed by atoms with Crippen LogP contribution in [0.3, 0.4) is 0 Å². The Balaban J connectivity index is 2.40. The van der Waals surface area contributed by atoms with Crippen LogP contribution in [0.2, 0.25) is 0 Å². The lowest BCUT2D eigenvalue weighted by Gasteiger charge is -2.18. The van der Waals surface area contributed by atoms with Gasteiger partial charge in [-0.2, -0.15) is 5.10 Å². The van der Waals surface area contributed by atoms with Crippen molar-refractivity contribution < 1.29 is 4.39 Å². The van der Waals surface area contributed by atoms with Crippen molar-refractivity contribution in [3.05, 3.63) is 53.1 Å². The molecule has 0 aliphatic rings. The highest BCUT2D eigenvalue weighted by atomic mass is 19.1. The summed E-state index contributed by atoms with van der Waals surface area (Å²) in [7, 11) is 0. The van der Waals surface area contributed by atoms with Gasteiger partial charge < -0.3 is 0 Å². The molecular formula is C14H19FN4. The molecule has 0 fully saturated rings. The van der Waals surface area contributed by atoms with Crippen LogP contribution in [0.5, 0.6) is 0 Å². The highest BCUT2D eigenvalue weighted by Crippen LogP contribution is 2.23. The van der Waals surface area contributed by atoms with Crippen LogP contribution >= 0.6 is 0 Å². The van der Waals surface area contributed by atoms with Crippen molar-refractivity contribution in [1.82, 2.24) is 15.2 Å². The summed E-state index contributed by atoms with van der Waals surface area (Å²) in [6.45, 7) is 4.76. The largest absolute Gasteiger partial charge is 0.271 e. The maximum Gasteiger partial charge on any atom is 0.123 e. The van der Waals surface area contributed by atoms with Crippen LogP contribution in [-0.4, -0.2) is 9.78 Å². The first-order chi connectivity index (χ1) is 9.15.